The van der Waals surface area contributed by atoms with Gasteiger partial charge in [0.1, 0.15) is 12.7 Å². The number of thiophene rings is 6. The fraction of sp³-hybridized carbons (Fsp3) is 0.578. The van der Waals surface area contributed by atoms with Gasteiger partial charge in [0.25, 0.3) is 0 Å². The number of benzene rings is 3. The molecule has 0 N–H and O–H groups in total. The van der Waals surface area contributed by atoms with Crippen molar-refractivity contribution in [1.29, 1.82) is 0 Å². The lowest BCUT2D eigenvalue weighted by atomic mass is 9.97. The second kappa shape index (κ2) is 41.3. The summed E-state index contributed by atoms with van der Waals surface area (Å²) in [6.45, 7) is 14.0. The van der Waals surface area contributed by atoms with Crippen molar-refractivity contribution in [2.45, 2.75) is 337 Å². The Bertz CT molecular complexity index is 3960. The molecule has 6 aromatic heterocycles. The molecular formula is C90H122N4S6. The SMILES string of the molecule is CCCCCCCCCCc1cc(-c2c3cc(-c4sc(-c5cc6c7c(c(-c8cc(CCCCCC)cs8)cc6c6c5N=CN=6)N=CN=7)cc4CCCCCC)sc3c(-c3cc(CCCCCCCCCC)c(CCCCCCCCCC)s3)c3ccsc23)sc1CCCCCCCCCC. The van der Waals surface area contributed by atoms with Gasteiger partial charge in [0.05, 0.1) is 22.1 Å². The molecule has 0 aliphatic carbocycles. The van der Waals surface area contributed by atoms with Gasteiger partial charge in [-0.1, -0.05) is 260 Å². The van der Waals surface area contributed by atoms with Gasteiger partial charge in [0, 0.05) is 92.2 Å². The predicted octanol–water partition coefficient (Wildman–Crippen LogP) is 31.4. The molecule has 0 saturated carbocycles. The normalized spacial score (nSPS) is 12.6. The second-order valence-electron chi connectivity index (χ2n) is 29.8. The summed E-state index contributed by atoms with van der Waals surface area (Å²) in [5.74, 6) is 0. The van der Waals surface area contributed by atoms with E-state index < -0.39 is 0 Å². The van der Waals surface area contributed by atoms with Crippen LogP contribution < -0.4 is 10.7 Å². The van der Waals surface area contributed by atoms with Crippen molar-refractivity contribution in [2.75, 3.05) is 0 Å². The van der Waals surface area contributed by atoms with E-state index >= 15 is 0 Å². The molecule has 2 aliphatic rings. The summed E-state index contributed by atoms with van der Waals surface area (Å²) in [6, 6.07) is 20.4. The maximum atomic E-state index is 5.17. The summed E-state index contributed by atoms with van der Waals surface area (Å²) in [5.41, 5.74) is 13.5. The molecule has 0 amide bonds. The summed E-state index contributed by atoms with van der Waals surface area (Å²) in [6.07, 6.45) is 64.2. The lowest BCUT2D eigenvalue weighted by Crippen LogP contribution is -2.10. The number of nitrogens with zero attached hydrogens (tertiary/aromatic N) is 4. The van der Waals surface area contributed by atoms with Crippen LogP contribution in [0.3, 0.4) is 0 Å². The van der Waals surface area contributed by atoms with E-state index in [1.165, 1.54) is 354 Å². The largest absolute Gasteiger partial charge is 0.234 e. The van der Waals surface area contributed by atoms with Crippen LogP contribution in [0, 0.1) is 0 Å². The fourth-order valence-corrected chi connectivity index (χ4v) is 23.2. The zero-order valence-corrected chi connectivity index (χ0v) is 67.6. The summed E-state index contributed by atoms with van der Waals surface area (Å²) < 4.78 is 2.97. The Labute approximate surface area is 628 Å². The molecule has 538 valence electrons. The third kappa shape index (κ3) is 20.3. The Morgan fingerprint density at radius 1 is 0.300 bits per heavy atom. The van der Waals surface area contributed by atoms with E-state index in [-0.39, 0.29) is 0 Å². The Morgan fingerprint density at radius 3 is 1.18 bits per heavy atom. The first-order chi connectivity index (χ1) is 49.4. The summed E-state index contributed by atoms with van der Waals surface area (Å²) in [5, 5.41) is 11.9. The smallest absolute Gasteiger partial charge is 0.116 e. The molecule has 3 aromatic carbocycles. The average molecular weight is 1450 g/mol. The molecule has 11 rings (SSSR count). The van der Waals surface area contributed by atoms with Crippen LogP contribution in [-0.4, -0.2) is 12.7 Å². The standard InChI is InChI=1S/C90H122N4S6/c1-7-13-19-25-29-33-37-43-48-66-56-79(97-75(66)51-45-39-35-31-27-21-15-9-3)82-69-53-54-95-89(69)83(80-57-67(49-44-38-34-30-26-20-14-8-2)76(98-80)52-46-40-36-32-28-22-16-10-4)74-61-81(100-90(74)82)88-68(50-42-24-18-12-6)58-78(99-88)73-60-71-70(85-87(73)94-64-92-85)59-72(86-84(71)91-63-93-86)77-55-65(62-96-77)47-41-23-17-11-5/h53-64H,7-52H2,1-6H3. The van der Waals surface area contributed by atoms with Crippen molar-refractivity contribution < 1.29 is 0 Å². The highest BCUT2D eigenvalue weighted by Gasteiger charge is 2.28. The minimum absolute atomic E-state index is 0.962. The van der Waals surface area contributed by atoms with Crippen molar-refractivity contribution in [1.82, 2.24) is 0 Å². The molecule has 100 heavy (non-hydrogen) atoms. The lowest BCUT2D eigenvalue weighted by molar-refractivity contribution is 0.572. The van der Waals surface area contributed by atoms with Gasteiger partial charge in [-0.2, -0.15) is 0 Å². The number of unbranched alkanes of at least 4 members (excludes halogenated alkanes) is 34. The first-order valence-corrected chi connectivity index (χ1v) is 46.0. The highest BCUT2D eigenvalue weighted by Crippen LogP contribution is 2.55. The zero-order valence-electron chi connectivity index (χ0n) is 62.7. The number of rotatable bonds is 51. The van der Waals surface area contributed by atoms with Gasteiger partial charge in [-0.3, -0.25) is 0 Å². The average Bonchev–Trinajstić information content (AvgIpc) is 1.55. The first kappa shape index (κ1) is 76.7. The van der Waals surface area contributed by atoms with Crippen LogP contribution in [0.4, 0.5) is 11.4 Å². The van der Waals surface area contributed by atoms with E-state index in [1.807, 2.05) is 34.0 Å². The van der Waals surface area contributed by atoms with Crippen LogP contribution in [-0.2, 0) is 38.5 Å². The van der Waals surface area contributed by atoms with Crippen LogP contribution in [0.15, 0.2) is 79.3 Å². The van der Waals surface area contributed by atoms with E-state index in [9.17, 15) is 0 Å². The van der Waals surface area contributed by atoms with Crippen molar-refractivity contribution in [3.63, 3.8) is 0 Å². The zero-order chi connectivity index (χ0) is 69.1. The molecule has 2 aliphatic heterocycles. The predicted molar refractivity (Wildman–Crippen MR) is 453 cm³/mol. The van der Waals surface area contributed by atoms with Gasteiger partial charge in [-0.05, 0) is 159 Å². The Morgan fingerprint density at radius 2 is 0.700 bits per heavy atom. The van der Waals surface area contributed by atoms with Crippen LogP contribution in [0.25, 0.3) is 82.5 Å². The summed E-state index contributed by atoms with van der Waals surface area (Å²) in [4.78, 5) is 32.1. The molecule has 10 heteroatoms. The highest BCUT2D eigenvalue weighted by atomic mass is 32.1. The molecule has 0 atom stereocenters. The van der Waals surface area contributed by atoms with Gasteiger partial charge < -0.3 is 0 Å². The van der Waals surface area contributed by atoms with Crippen LogP contribution in [0.5, 0.6) is 0 Å². The van der Waals surface area contributed by atoms with Crippen molar-refractivity contribution in [3.8, 4) is 51.5 Å². The Hall–Kier alpha value is -4.42. The quantitative estimate of drug-likeness (QED) is 0.0341. The number of hydrogen-bond acceptors (Lipinski definition) is 10. The van der Waals surface area contributed by atoms with Crippen LogP contribution in [0.1, 0.15) is 330 Å². The number of aliphatic imine (C=N–C) groups is 2. The molecule has 4 nitrogen and oxygen atoms in total. The summed E-state index contributed by atoms with van der Waals surface area (Å²) >= 11 is 12.3. The topological polar surface area (TPSA) is 49.4 Å². The van der Waals surface area contributed by atoms with Gasteiger partial charge in [0.15, 0.2) is 0 Å². The summed E-state index contributed by atoms with van der Waals surface area (Å²) in [7, 11) is 0. The highest BCUT2D eigenvalue weighted by molar-refractivity contribution is 7.28. The van der Waals surface area contributed by atoms with E-state index in [0.29, 0.717) is 0 Å². The van der Waals surface area contributed by atoms with Crippen LogP contribution >= 0.6 is 68.0 Å². The van der Waals surface area contributed by atoms with Crippen molar-refractivity contribution in [3.05, 3.63) is 102 Å². The second-order valence-corrected chi connectivity index (χ2v) is 36.0. The molecule has 0 bridgehead atoms. The first-order valence-electron chi connectivity index (χ1n) is 41.0. The third-order valence-electron chi connectivity index (χ3n) is 21.7. The molecule has 0 spiro atoms. The molecular weight excluding hydrogens is 1330 g/mol. The Kier molecular flexibility index (Phi) is 31.7. The number of aryl methyl sites for hydroxylation is 6. The van der Waals surface area contributed by atoms with E-state index in [1.54, 1.807) is 33.6 Å². The monoisotopic (exact) mass is 1450 g/mol. The third-order valence-corrected chi connectivity index (χ3v) is 28.7. The number of fused-ring (bicyclic) bond motifs is 7. The molecule has 9 aromatic rings. The van der Waals surface area contributed by atoms with Gasteiger partial charge in [-0.25, -0.2) is 20.0 Å². The van der Waals surface area contributed by atoms with E-state index in [4.69, 9.17) is 20.0 Å². The Balaban J connectivity index is 1.02. The maximum Gasteiger partial charge on any atom is 0.116 e. The molecule has 0 fully saturated rings. The molecule has 0 saturated heterocycles. The van der Waals surface area contributed by atoms with Crippen molar-refractivity contribution >= 4 is 123 Å². The molecule has 8 heterocycles. The van der Waals surface area contributed by atoms with Gasteiger partial charge in [-0.15, -0.1) is 68.0 Å². The lowest BCUT2D eigenvalue weighted by Gasteiger charge is -2.10. The minimum atomic E-state index is 0.962. The van der Waals surface area contributed by atoms with Gasteiger partial charge in [0.2, 0.25) is 0 Å². The van der Waals surface area contributed by atoms with Crippen molar-refractivity contribution in [2.24, 2.45) is 20.0 Å². The fourth-order valence-electron chi connectivity index (χ4n) is 15.8. The molecule has 0 radical (unpaired) electrons. The minimum Gasteiger partial charge on any atom is -0.234 e. The van der Waals surface area contributed by atoms with E-state index in [2.05, 4.69) is 135 Å². The number of hydrogen-bond donors (Lipinski definition) is 0. The van der Waals surface area contributed by atoms with Crippen LogP contribution in [0.2, 0.25) is 0 Å². The van der Waals surface area contributed by atoms with Gasteiger partial charge >= 0.3 is 0 Å². The maximum absolute atomic E-state index is 5.17. The molecule has 0 unspecified atom stereocenters. The van der Waals surface area contributed by atoms with E-state index in [0.717, 1.165) is 56.8 Å².